The van der Waals surface area contributed by atoms with E-state index in [0.717, 1.165) is 23.6 Å². The van der Waals surface area contributed by atoms with Crippen molar-refractivity contribution in [2.75, 3.05) is 6.54 Å². The van der Waals surface area contributed by atoms with Crippen LogP contribution >= 0.6 is 0 Å². The fourth-order valence-corrected chi connectivity index (χ4v) is 3.42. The van der Waals surface area contributed by atoms with Gasteiger partial charge in [-0.1, -0.05) is 42.8 Å². The summed E-state index contributed by atoms with van der Waals surface area (Å²) >= 11 is 0. The van der Waals surface area contributed by atoms with Crippen molar-refractivity contribution in [1.82, 2.24) is 5.32 Å². The third-order valence-corrected chi connectivity index (χ3v) is 4.97. The Kier molecular flexibility index (Phi) is 4.39. The first-order valence-electron chi connectivity index (χ1n) is 8.18. The summed E-state index contributed by atoms with van der Waals surface area (Å²) in [5, 5.41) is 2.92. The second-order valence-corrected chi connectivity index (χ2v) is 6.83. The molecule has 2 aromatic carbocycles. The van der Waals surface area contributed by atoms with E-state index in [-0.39, 0.29) is 11.8 Å². The molecule has 0 spiro atoms. The summed E-state index contributed by atoms with van der Waals surface area (Å²) in [6, 6.07) is 11.5. The fourth-order valence-electron chi connectivity index (χ4n) is 3.42. The number of amides is 1. The maximum Gasteiger partial charge on any atom is 0.224 e. The van der Waals surface area contributed by atoms with E-state index in [2.05, 4.69) is 5.32 Å². The van der Waals surface area contributed by atoms with Gasteiger partial charge in [-0.3, -0.25) is 4.79 Å². The third-order valence-electron chi connectivity index (χ3n) is 4.97. The Morgan fingerprint density at radius 2 is 2.00 bits per heavy atom. The molecule has 0 bridgehead atoms. The quantitative estimate of drug-likeness (QED) is 0.885. The lowest BCUT2D eigenvalue weighted by Gasteiger charge is -2.19. The van der Waals surface area contributed by atoms with Gasteiger partial charge in [-0.2, -0.15) is 0 Å². The van der Waals surface area contributed by atoms with Gasteiger partial charge >= 0.3 is 0 Å². The summed E-state index contributed by atoms with van der Waals surface area (Å²) in [5.74, 6) is -0.936. The monoisotopic (exact) mass is 329 g/mol. The molecule has 0 aliphatic heterocycles. The van der Waals surface area contributed by atoms with Crippen LogP contribution in [0.3, 0.4) is 0 Å². The molecule has 2 atom stereocenters. The van der Waals surface area contributed by atoms with E-state index in [9.17, 15) is 13.6 Å². The van der Waals surface area contributed by atoms with Crippen LogP contribution in [0.25, 0.3) is 0 Å². The number of carbonyl (C=O) groups is 1. The summed E-state index contributed by atoms with van der Waals surface area (Å²) in [6.45, 7) is 4.39. The number of carbonyl (C=O) groups excluding carboxylic acids is 1. The van der Waals surface area contributed by atoms with Gasteiger partial charge in [-0.25, -0.2) is 8.78 Å². The minimum absolute atomic E-state index is 0.0819. The maximum absolute atomic E-state index is 14.1. The largest absolute Gasteiger partial charge is 0.355 e. The normalized spacial score (nSPS) is 22.2. The summed E-state index contributed by atoms with van der Waals surface area (Å²) in [6.07, 6.45) is 1.10. The predicted octanol–water partition coefficient (Wildman–Crippen LogP) is 3.91. The number of benzene rings is 2. The van der Waals surface area contributed by atoms with Crippen LogP contribution in [0, 0.1) is 24.5 Å². The van der Waals surface area contributed by atoms with Crippen molar-refractivity contribution in [3.8, 4) is 0 Å². The van der Waals surface area contributed by atoms with E-state index >= 15 is 0 Å². The molecule has 1 aliphatic carbocycles. The van der Waals surface area contributed by atoms with Crippen LogP contribution in [-0.4, -0.2) is 12.5 Å². The number of halogens is 2. The molecule has 0 radical (unpaired) electrons. The first kappa shape index (κ1) is 16.6. The first-order chi connectivity index (χ1) is 11.4. The molecule has 0 aromatic heterocycles. The van der Waals surface area contributed by atoms with Crippen molar-refractivity contribution >= 4 is 5.91 Å². The Hall–Kier alpha value is -2.23. The van der Waals surface area contributed by atoms with E-state index in [1.54, 1.807) is 0 Å². The van der Waals surface area contributed by atoms with Gasteiger partial charge in [-0.15, -0.1) is 0 Å². The van der Waals surface area contributed by atoms with Crippen molar-refractivity contribution in [3.05, 3.63) is 70.8 Å². The molecule has 2 aromatic rings. The molecule has 4 heteroatoms. The third kappa shape index (κ3) is 3.32. The Morgan fingerprint density at radius 1 is 1.25 bits per heavy atom. The van der Waals surface area contributed by atoms with Crippen LogP contribution in [0.2, 0.25) is 0 Å². The van der Waals surface area contributed by atoms with Crippen LogP contribution in [-0.2, 0) is 16.6 Å². The van der Waals surface area contributed by atoms with E-state index < -0.39 is 17.0 Å². The zero-order valence-electron chi connectivity index (χ0n) is 13.9. The van der Waals surface area contributed by atoms with Crippen molar-refractivity contribution < 1.29 is 13.6 Å². The Balaban J connectivity index is 1.67. The van der Waals surface area contributed by atoms with E-state index in [1.807, 2.05) is 38.1 Å². The molecule has 0 saturated heterocycles. The highest BCUT2D eigenvalue weighted by Crippen LogP contribution is 2.54. The molecule has 126 valence electrons. The summed E-state index contributed by atoms with van der Waals surface area (Å²) in [5.41, 5.74) is 2.15. The van der Waals surface area contributed by atoms with Gasteiger partial charge in [0.15, 0.2) is 0 Å². The standard InChI is InChI=1S/C20H21F2NO/c1-13-4-3-5-15(8-13)9-19(24)23-12-20(11-14(20)2)17-7-6-16(21)10-18(17)22/h3-8,10,14H,9,11-12H2,1-2H3,(H,23,24). The smallest absolute Gasteiger partial charge is 0.224 e. The summed E-state index contributed by atoms with van der Waals surface area (Å²) < 4.78 is 27.3. The second-order valence-electron chi connectivity index (χ2n) is 6.83. The Bertz CT molecular complexity index is 774. The second kappa shape index (κ2) is 6.34. The van der Waals surface area contributed by atoms with Gasteiger partial charge < -0.3 is 5.32 Å². The van der Waals surface area contributed by atoms with E-state index in [1.165, 1.54) is 12.1 Å². The molecule has 0 heterocycles. The van der Waals surface area contributed by atoms with Crippen molar-refractivity contribution in [2.24, 2.45) is 5.92 Å². The highest BCUT2D eigenvalue weighted by Gasteiger charge is 2.53. The molecule has 2 nitrogen and oxygen atoms in total. The first-order valence-corrected chi connectivity index (χ1v) is 8.18. The lowest BCUT2D eigenvalue weighted by molar-refractivity contribution is -0.120. The van der Waals surface area contributed by atoms with Gasteiger partial charge in [0.1, 0.15) is 11.6 Å². The van der Waals surface area contributed by atoms with Gasteiger partial charge in [0.25, 0.3) is 0 Å². The molecule has 1 aliphatic rings. The number of nitrogens with one attached hydrogen (secondary N) is 1. The number of hydrogen-bond donors (Lipinski definition) is 1. The molecule has 24 heavy (non-hydrogen) atoms. The molecule has 2 unspecified atom stereocenters. The molecule has 3 rings (SSSR count). The average molecular weight is 329 g/mol. The predicted molar refractivity (Wildman–Crippen MR) is 89.7 cm³/mol. The van der Waals surface area contributed by atoms with Gasteiger partial charge in [0.2, 0.25) is 5.91 Å². The number of rotatable bonds is 5. The van der Waals surface area contributed by atoms with Gasteiger partial charge in [-0.05, 0) is 36.5 Å². The Morgan fingerprint density at radius 3 is 2.62 bits per heavy atom. The van der Waals surface area contributed by atoms with Gasteiger partial charge in [0.05, 0.1) is 6.42 Å². The zero-order chi connectivity index (χ0) is 17.3. The molecular weight excluding hydrogens is 308 g/mol. The summed E-state index contributed by atoms with van der Waals surface area (Å²) in [4.78, 5) is 12.2. The van der Waals surface area contributed by atoms with Crippen molar-refractivity contribution in [3.63, 3.8) is 0 Å². The minimum Gasteiger partial charge on any atom is -0.355 e. The molecule has 1 N–H and O–H groups in total. The summed E-state index contributed by atoms with van der Waals surface area (Å²) in [7, 11) is 0. The topological polar surface area (TPSA) is 29.1 Å². The lowest BCUT2D eigenvalue weighted by Crippen LogP contribution is -2.34. The van der Waals surface area contributed by atoms with Crippen molar-refractivity contribution in [1.29, 1.82) is 0 Å². The van der Waals surface area contributed by atoms with Crippen LogP contribution in [0.15, 0.2) is 42.5 Å². The zero-order valence-corrected chi connectivity index (χ0v) is 13.9. The van der Waals surface area contributed by atoms with E-state index in [0.29, 0.717) is 18.5 Å². The van der Waals surface area contributed by atoms with Gasteiger partial charge in [0, 0.05) is 18.0 Å². The minimum atomic E-state index is -0.580. The molecular formula is C20H21F2NO. The lowest BCUT2D eigenvalue weighted by atomic mass is 9.92. The van der Waals surface area contributed by atoms with Crippen LogP contribution < -0.4 is 5.32 Å². The van der Waals surface area contributed by atoms with E-state index in [4.69, 9.17) is 0 Å². The number of hydrogen-bond acceptors (Lipinski definition) is 1. The SMILES string of the molecule is Cc1cccc(CC(=O)NCC2(c3ccc(F)cc3F)CC2C)c1. The molecule has 1 saturated carbocycles. The van der Waals surface area contributed by atoms with Crippen LogP contribution in [0.5, 0.6) is 0 Å². The molecule has 1 amide bonds. The molecule has 1 fully saturated rings. The van der Waals surface area contributed by atoms with Crippen LogP contribution in [0.4, 0.5) is 8.78 Å². The highest BCUT2D eigenvalue weighted by atomic mass is 19.1. The average Bonchev–Trinajstić information content (AvgIpc) is 3.16. The Labute approximate surface area is 140 Å². The highest BCUT2D eigenvalue weighted by molar-refractivity contribution is 5.78. The fraction of sp³-hybridized carbons (Fsp3) is 0.350. The number of aryl methyl sites for hydroxylation is 1. The van der Waals surface area contributed by atoms with Crippen LogP contribution in [0.1, 0.15) is 30.0 Å². The van der Waals surface area contributed by atoms with Crippen molar-refractivity contribution in [2.45, 2.75) is 32.1 Å². The maximum atomic E-state index is 14.1.